The monoisotopic (exact) mass is 433 g/mol. The minimum Gasteiger partial charge on any atom is -0.469 e. The van der Waals surface area contributed by atoms with Crippen molar-refractivity contribution in [1.82, 2.24) is 39.7 Å². The summed E-state index contributed by atoms with van der Waals surface area (Å²) < 4.78 is 18.5. The van der Waals surface area contributed by atoms with Gasteiger partial charge in [-0.15, -0.1) is 10.2 Å². The Morgan fingerprint density at radius 1 is 1.42 bits per heavy atom. The highest BCUT2D eigenvalue weighted by Gasteiger charge is 2.42. The number of rotatable bonds is 6. The van der Waals surface area contributed by atoms with E-state index in [2.05, 4.69) is 35.3 Å². The fourth-order valence-electron chi connectivity index (χ4n) is 3.51. The number of nitrogens with two attached hydrogens (primary N) is 1. The summed E-state index contributed by atoms with van der Waals surface area (Å²) in [6, 6.07) is 0. The maximum atomic E-state index is 13.3. The molecule has 31 heavy (non-hydrogen) atoms. The van der Waals surface area contributed by atoms with Crippen LogP contribution in [0, 0.1) is 0 Å². The molecule has 0 amide bonds. The first kappa shape index (κ1) is 20.4. The summed E-state index contributed by atoms with van der Waals surface area (Å²) in [5.41, 5.74) is 5.71. The van der Waals surface area contributed by atoms with E-state index < -0.39 is 36.1 Å². The van der Waals surface area contributed by atoms with Crippen molar-refractivity contribution in [2.24, 2.45) is 0 Å². The van der Waals surface area contributed by atoms with Crippen LogP contribution in [0.5, 0.6) is 0 Å². The molecule has 4 heterocycles. The highest BCUT2D eigenvalue weighted by atomic mass is 16.6. The molecule has 4 rings (SSSR count). The van der Waals surface area contributed by atoms with Crippen LogP contribution < -0.4 is 11.4 Å². The lowest BCUT2D eigenvalue weighted by Crippen LogP contribution is -2.34. The van der Waals surface area contributed by atoms with Crippen LogP contribution in [-0.2, 0) is 30.3 Å². The molecule has 0 aliphatic carbocycles. The number of ether oxygens (including phenoxy) is 3. The number of aromatic nitrogens is 8. The van der Waals surface area contributed by atoms with Crippen LogP contribution in [-0.4, -0.2) is 71.0 Å². The van der Waals surface area contributed by atoms with Gasteiger partial charge in [-0.05, 0) is 0 Å². The lowest BCUT2D eigenvalue weighted by Gasteiger charge is -2.19. The van der Waals surface area contributed by atoms with Gasteiger partial charge in [-0.25, -0.2) is 14.3 Å². The van der Waals surface area contributed by atoms with Crippen molar-refractivity contribution in [1.29, 1.82) is 0 Å². The molecule has 0 spiro atoms. The summed E-state index contributed by atoms with van der Waals surface area (Å²) in [5.74, 6) is -0.864. The van der Waals surface area contributed by atoms with Gasteiger partial charge in [0.1, 0.15) is 11.6 Å². The van der Waals surface area contributed by atoms with Crippen LogP contribution in [0.4, 0.5) is 5.95 Å². The first-order valence-electron chi connectivity index (χ1n) is 9.22. The van der Waals surface area contributed by atoms with Gasteiger partial charge in [0.15, 0.2) is 17.7 Å². The van der Waals surface area contributed by atoms with E-state index in [9.17, 15) is 14.4 Å². The first-order valence-corrected chi connectivity index (χ1v) is 9.22. The third-order valence-corrected chi connectivity index (χ3v) is 4.75. The molecule has 3 aromatic heterocycles. The Hall–Kier alpha value is -3.88. The maximum Gasteiger partial charge on any atom is 0.333 e. The van der Waals surface area contributed by atoms with Gasteiger partial charge in [-0.3, -0.25) is 14.2 Å². The van der Waals surface area contributed by atoms with Crippen molar-refractivity contribution < 1.29 is 23.8 Å². The van der Waals surface area contributed by atoms with Crippen molar-refractivity contribution >= 4 is 29.1 Å². The number of methoxy groups -OCH3 is 1. The second-order valence-electron chi connectivity index (χ2n) is 6.82. The van der Waals surface area contributed by atoms with Crippen molar-refractivity contribution in [3.05, 3.63) is 22.5 Å². The number of anilines is 1. The summed E-state index contributed by atoms with van der Waals surface area (Å²) in [7, 11) is 1.26. The topological polar surface area (TPSA) is 195 Å². The lowest BCUT2D eigenvalue weighted by molar-refractivity contribution is -0.153. The number of carbonyl (C=O) groups excluding carboxylic acids is 2. The van der Waals surface area contributed by atoms with Gasteiger partial charge < -0.3 is 19.9 Å². The fourth-order valence-corrected chi connectivity index (χ4v) is 3.51. The molecule has 3 aromatic rings. The number of esters is 2. The van der Waals surface area contributed by atoms with Crippen LogP contribution in [0.1, 0.15) is 31.8 Å². The van der Waals surface area contributed by atoms with Crippen LogP contribution in [0.2, 0.25) is 0 Å². The Labute approximate surface area is 173 Å². The van der Waals surface area contributed by atoms with E-state index in [1.54, 1.807) is 0 Å². The highest BCUT2D eigenvalue weighted by molar-refractivity contribution is 5.72. The number of aromatic amines is 1. The van der Waals surface area contributed by atoms with E-state index in [1.807, 2.05) is 0 Å². The van der Waals surface area contributed by atoms with Crippen LogP contribution in [0.15, 0.2) is 11.0 Å². The number of tetrazole rings is 1. The zero-order chi connectivity index (χ0) is 22.1. The summed E-state index contributed by atoms with van der Waals surface area (Å²) >= 11 is 0. The minimum atomic E-state index is -1.05. The molecule has 1 fully saturated rings. The number of hydrogen-bond donors (Lipinski definition) is 2. The van der Waals surface area contributed by atoms with Gasteiger partial charge in [-0.2, -0.15) is 10.2 Å². The zero-order valence-electron chi connectivity index (χ0n) is 16.6. The fraction of sp³-hybridized carbons (Fsp3) is 0.500. The molecular weight excluding hydrogens is 414 g/mol. The van der Waals surface area contributed by atoms with E-state index in [0.29, 0.717) is 5.52 Å². The van der Waals surface area contributed by atoms with Gasteiger partial charge in [-0.1, -0.05) is 5.21 Å². The van der Waals surface area contributed by atoms with Gasteiger partial charge >= 0.3 is 17.6 Å². The Kier molecular flexibility index (Phi) is 5.33. The quantitative estimate of drug-likeness (QED) is 0.428. The number of nitrogens with one attached hydrogen (secondary N) is 1. The number of nitrogens with zero attached hydrogens (tertiary/aromatic N) is 7. The predicted octanol–water partition coefficient (Wildman–Crippen LogP) is -1.48. The Morgan fingerprint density at radius 3 is 2.90 bits per heavy atom. The summed E-state index contributed by atoms with van der Waals surface area (Å²) in [5, 5.41) is 13.5. The molecule has 164 valence electrons. The van der Waals surface area contributed by atoms with E-state index in [4.69, 9.17) is 15.2 Å². The summed E-state index contributed by atoms with van der Waals surface area (Å²) in [4.78, 5) is 44.8. The van der Waals surface area contributed by atoms with Gasteiger partial charge in [0.2, 0.25) is 5.95 Å². The van der Waals surface area contributed by atoms with Crippen LogP contribution >= 0.6 is 0 Å². The standard InChI is InChI=1S/C16H19N9O6/c1-7(26)30-10-3-8(4-12(27)29-2)31-14(10)25-13-9(5-18-15(17)19-13)24(16(25)28)6-11-20-22-23-21-11/h5,8,10,14H,3-4,6H2,1-2H3,(H2,17,18,19)(H,20,21,22,23)/t8-,10+,14+/m0/s1. The van der Waals surface area contributed by atoms with Crippen LogP contribution in [0.3, 0.4) is 0 Å². The molecule has 3 N–H and O–H groups in total. The van der Waals surface area contributed by atoms with Gasteiger partial charge in [0.05, 0.1) is 32.4 Å². The minimum absolute atomic E-state index is 0.0251. The van der Waals surface area contributed by atoms with Crippen LogP contribution in [0.25, 0.3) is 11.2 Å². The number of carbonyl (C=O) groups is 2. The molecule has 0 aromatic carbocycles. The average molecular weight is 433 g/mol. The number of fused-ring (bicyclic) bond motifs is 1. The summed E-state index contributed by atoms with van der Waals surface area (Å²) in [6.07, 6.45) is -1.03. The van der Waals surface area contributed by atoms with Crippen molar-refractivity contribution in [3.8, 4) is 0 Å². The molecular formula is C16H19N9O6. The van der Waals surface area contributed by atoms with Gasteiger partial charge in [0.25, 0.3) is 0 Å². The third-order valence-electron chi connectivity index (χ3n) is 4.75. The van der Waals surface area contributed by atoms with Crippen molar-refractivity contribution in [2.75, 3.05) is 12.8 Å². The molecule has 3 atom stereocenters. The average Bonchev–Trinajstić information content (AvgIpc) is 3.42. The number of nitrogen functional groups attached to an aromatic ring is 1. The Balaban J connectivity index is 1.80. The van der Waals surface area contributed by atoms with E-state index >= 15 is 0 Å². The largest absolute Gasteiger partial charge is 0.469 e. The number of H-pyrrole nitrogens is 1. The zero-order valence-corrected chi connectivity index (χ0v) is 16.6. The molecule has 1 aliphatic heterocycles. The second-order valence-corrected chi connectivity index (χ2v) is 6.82. The van der Waals surface area contributed by atoms with Crippen molar-refractivity contribution in [3.63, 3.8) is 0 Å². The van der Waals surface area contributed by atoms with Gasteiger partial charge in [0, 0.05) is 13.3 Å². The second kappa shape index (κ2) is 8.10. The number of imidazole rings is 1. The Bertz CT molecular complexity index is 1170. The molecule has 0 saturated carbocycles. The lowest BCUT2D eigenvalue weighted by atomic mass is 10.1. The van der Waals surface area contributed by atoms with Crippen molar-refractivity contribution in [2.45, 2.75) is 44.7 Å². The number of hydrogen-bond acceptors (Lipinski definition) is 12. The maximum absolute atomic E-state index is 13.3. The molecule has 15 nitrogen and oxygen atoms in total. The first-order chi connectivity index (χ1) is 14.9. The Morgan fingerprint density at radius 2 is 2.23 bits per heavy atom. The molecule has 0 unspecified atom stereocenters. The van der Waals surface area contributed by atoms with E-state index in [-0.39, 0.29) is 36.8 Å². The smallest absolute Gasteiger partial charge is 0.333 e. The molecule has 15 heteroatoms. The van der Waals surface area contributed by atoms with E-state index in [1.165, 1.54) is 29.4 Å². The molecule has 0 bridgehead atoms. The summed E-state index contributed by atoms with van der Waals surface area (Å²) in [6.45, 7) is 1.22. The molecule has 1 aliphatic rings. The highest BCUT2D eigenvalue weighted by Crippen LogP contribution is 2.34. The normalized spacial score (nSPS) is 20.8. The predicted molar refractivity (Wildman–Crippen MR) is 100 cm³/mol. The third kappa shape index (κ3) is 3.94. The molecule has 0 radical (unpaired) electrons. The van der Waals surface area contributed by atoms with E-state index in [0.717, 1.165) is 0 Å². The molecule has 1 saturated heterocycles. The SMILES string of the molecule is COC(=O)C[C@@H]1C[C@@H](OC(C)=O)[C@H](n2c(=O)n(Cc3nn[nH]n3)c3cnc(N)nc32)O1.